The van der Waals surface area contributed by atoms with E-state index in [1.165, 1.54) is 0 Å². The van der Waals surface area contributed by atoms with Crippen molar-refractivity contribution in [2.45, 2.75) is 70.1 Å². The molecule has 0 saturated carbocycles. The molecule has 9 nitrogen and oxygen atoms in total. The molecule has 9 heteroatoms. The van der Waals surface area contributed by atoms with Gasteiger partial charge in [-0.2, -0.15) is 0 Å². The number of likely N-dealkylation sites (tertiary alicyclic amines) is 1. The number of unbranched alkanes of at least 4 members (excludes halogenated alkanes) is 3. The van der Waals surface area contributed by atoms with E-state index in [4.69, 9.17) is 9.47 Å². The van der Waals surface area contributed by atoms with E-state index in [2.05, 4.69) is 20.1 Å². The smallest absolute Gasteiger partial charge is 0.253 e. The van der Waals surface area contributed by atoms with Gasteiger partial charge in [0.1, 0.15) is 17.4 Å². The number of benzene rings is 3. The highest BCUT2D eigenvalue weighted by Crippen LogP contribution is 2.65. The van der Waals surface area contributed by atoms with Crippen LogP contribution in [0, 0.1) is 17.8 Å². The minimum Gasteiger partial charge on any atom is -0.494 e. The molecule has 270 valence electrons. The Hall–Kier alpha value is -4.47. The molecule has 3 saturated heterocycles. The van der Waals surface area contributed by atoms with E-state index in [0.29, 0.717) is 49.5 Å². The minimum atomic E-state index is -1.19. The minimum absolute atomic E-state index is 0.102. The van der Waals surface area contributed by atoms with Crippen LogP contribution in [0.15, 0.2) is 92.0 Å². The Labute approximate surface area is 301 Å². The van der Waals surface area contributed by atoms with Crippen molar-refractivity contribution in [2.24, 2.45) is 17.8 Å². The topological polar surface area (TPSA) is 99.6 Å². The second-order valence-corrected chi connectivity index (χ2v) is 14.3. The van der Waals surface area contributed by atoms with E-state index in [1.54, 1.807) is 26.9 Å². The molecule has 3 aliphatic heterocycles. The number of rotatable bonds is 16. The van der Waals surface area contributed by atoms with Crippen LogP contribution in [0.2, 0.25) is 0 Å². The number of carbonyl (C=O) groups is 3. The van der Waals surface area contributed by atoms with Crippen molar-refractivity contribution in [1.29, 1.82) is 0 Å². The molecule has 1 spiro atoms. The molecule has 6 rings (SSSR count). The molecule has 0 aromatic heterocycles. The predicted molar refractivity (Wildman–Crippen MR) is 201 cm³/mol. The van der Waals surface area contributed by atoms with E-state index in [-0.39, 0.29) is 43.3 Å². The van der Waals surface area contributed by atoms with Crippen LogP contribution in [0.3, 0.4) is 0 Å². The normalized spacial score (nSPS) is 26.3. The van der Waals surface area contributed by atoms with Crippen LogP contribution in [0.1, 0.15) is 52.9 Å². The van der Waals surface area contributed by atoms with Gasteiger partial charge in [0.05, 0.1) is 24.0 Å². The third-order valence-electron chi connectivity index (χ3n) is 11.3. The highest BCUT2D eigenvalue weighted by Gasteiger charge is 2.80. The number of aliphatic hydroxyl groups is 1. The Kier molecular flexibility index (Phi) is 10.7. The summed E-state index contributed by atoms with van der Waals surface area (Å²) in [5.74, 6) is -1.73. The van der Waals surface area contributed by atoms with Gasteiger partial charge in [-0.05, 0) is 86.2 Å². The first-order valence-electron chi connectivity index (χ1n) is 18.3. The fraction of sp³-hybridized carbons (Fsp3) is 0.452. The van der Waals surface area contributed by atoms with Crippen LogP contribution in [0.25, 0.3) is 10.8 Å². The summed E-state index contributed by atoms with van der Waals surface area (Å²) in [5.41, 5.74) is -0.785. The first-order chi connectivity index (χ1) is 24.6. The van der Waals surface area contributed by atoms with Gasteiger partial charge in [-0.1, -0.05) is 62.2 Å². The van der Waals surface area contributed by atoms with Gasteiger partial charge in [0.2, 0.25) is 11.8 Å². The van der Waals surface area contributed by atoms with Crippen LogP contribution >= 0.6 is 0 Å². The van der Waals surface area contributed by atoms with Crippen LogP contribution in [0.4, 0.5) is 11.4 Å². The van der Waals surface area contributed by atoms with Crippen molar-refractivity contribution in [3.8, 4) is 5.75 Å². The molecule has 3 fully saturated rings. The number of amides is 3. The molecule has 3 unspecified atom stereocenters. The summed E-state index contributed by atoms with van der Waals surface area (Å²) in [6.45, 7) is 15.3. The summed E-state index contributed by atoms with van der Waals surface area (Å²) in [4.78, 5) is 50.1. The molecular weight excluding hydrogens is 642 g/mol. The molecule has 3 aromatic rings. The summed E-state index contributed by atoms with van der Waals surface area (Å²) in [7, 11) is 0. The largest absolute Gasteiger partial charge is 0.494 e. The zero-order chi connectivity index (χ0) is 36.3. The Bertz CT molecular complexity index is 1780. The van der Waals surface area contributed by atoms with E-state index < -0.39 is 29.1 Å². The van der Waals surface area contributed by atoms with Crippen LogP contribution in [0.5, 0.6) is 5.75 Å². The molecule has 51 heavy (non-hydrogen) atoms. The molecule has 3 aliphatic rings. The molecule has 3 amide bonds. The molecule has 0 aliphatic carbocycles. The summed E-state index contributed by atoms with van der Waals surface area (Å²) >= 11 is 0. The summed E-state index contributed by atoms with van der Waals surface area (Å²) in [6, 6.07) is 20.4. The monoisotopic (exact) mass is 693 g/mol. The van der Waals surface area contributed by atoms with Gasteiger partial charge >= 0.3 is 0 Å². The Morgan fingerprint density at radius 2 is 1.59 bits per heavy atom. The number of carbonyl (C=O) groups excluding carboxylic acids is 3. The molecular formula is C42H51N3O6. The summed E-state index contributed by atoms with van der Waals surface area (Å²) in [6.07, 6.45) is 6.82. The van der Waals surface area contributed by atoms with Gasteiger partial charge in [0.15, 0.2) is 0 Å². The number of aliphatic hydroxyl groups excluding tert-OH is 1. The maximum absolute atomic E-state index is 15.2. The number of ether oxygens (including phenoxy) is 2. The van der Waals surface area contributed by atoms with Crippen molar-refractivity contribution in [1.82, 2.24) is 4.90 Å². The standard InChI is InChI=1S/C42H51N3O6/c1-6-23-43(32-19-21-34(22-20-32)50-8-3)38(47)35-36-39(48)45(25-13-9-10-14-26-46)37(42(36)28-29(4)41(35,5)51-42)40(49)44(24-7-2)33-18-17-30-15-11-12-16-31(30)27-33/h6-7,11-12,15-22,27,29,35-37,46H,1-2,8-10,13-14,23-26,28H2,3-5H3/t29?,35-,36+,37?,41+,42?/m1/s1. The average Bonchev–Trinajstić information content (AvgIpc) is 3.65. The third kappa shape index (κ3) is 6.35. The van der Waals surface area contributed by atoms with Gasteiger partial charge in [-0.3, -0.25) is 14.4 Å². The van der Waals surface area contributed by atoms with E-state index in [1.807, 2.05) is 80.6 Å². The fourth-order valence-corrected chi connectivity index (χ4v) is 8.83. The quantitative estimate of drug-likeness (QED) is 0.135. The molecule has 3 aromatic carbocycles. The Morgan fingerprint density at radius 1 is 0.941 bits per heavy atom. The molecule has 2 bridgehead atoms. The van der Waals surface area contributed by atoms with E-state index >= 15 is 4.79 Å². The molecule has 1 N–H and O–H groups in total. The number of hydrogen-bond acceptors (Lipinski definition) is 6. The average molecular weight is 694 g/mol. The number of hydrogen-bond donors (Lipinski definition) is 1. The lowest BCUT2D eigenvalue weighted by molar-refractivity contribution is -0.145. The third-order valence-corrected chi connectivity index (χ3v) is 11.3. The lowest BCUT2D eigenvalue weighted by Crippen LogP contribution is -2.57. The van der Waals surface area contributed by atoms with Gasteiger partial charge in [0.25, 0.3) is 5.91 Å². The SMILES string of the molecule is C=CCN(C(=O)C1N(CCCCCCO)C(=O)[C@@H]2[C@H](C(=O)N(CC=C)c3ccc(OCC)cc3)[C@@]3(C)OC12CC3C)c1ccc2ccccc2c1. The number of fused-ring (bicyclic) bond motifs is 2. The van der Waals surface area contributed by atoms with E-state index in [0.717, 1.165) is 23.6 Å². The maximum Gasteiger partial charge on any atom is 0.253 e. The fourth-order valence-electron chi connectivity index (χ4n) is 8.83. The van der Waals surface area contributed by atoms with Crippen LogP contribution in [-0.2, 0) is 19.1 Å². The molecule has 0 radical (unpaired) electrons. The van der Waals surface area contributed by atoms with Crippen molar-refractivity contribution < 1.29 is 29.0 Å². The molecule has 6 atom stereocenters. The predicted octanol–water partition coefficient (Wildman–Crippen LogP) is 6.54. The van der Waals surface area contributed by atoms with Gasteiger partial charge in [0, 0.05) is 37.6 Å². The first kappa shape index (κ1) is 36.3. The number of anilines is 2. The lowest BCUT2D eigenvalue weighted by atomic mass is 9.62. The molecule has 3 heterocycles. The highest BCUT2D eigenvalue weighted by molar-refractivity contribution is 6.07. The Morgan fingerprint density at radius 3 is 2.25 bits per heavy atom. The van der Waals surface area contributed by atoms with Crippen molar-refractivity contribution in [2.75, 3.05) is 42.6 Å². The number of nitrogens with zero attached hydrogens (tertiary/aromatic N) is 3. The lowest BCUT2D eigenvalue weighted by Gasteiger charge is -2.39. The Balaban J connectivity index is 1.41. The van der Waals surface area contributed by atoms with Gasteiger partial charge < -0.3 is 29.3 Å². The summed E-state index contributed by atoms with van der Waals surface area (Å²) in [5, 5.41) is 11.4. The second-order valence-electron chi connectivity index (χ2n) is 14.3. The zero-order valence-electron chi connectivity index (χ0n) is 30.1. The van der Waals surface area contributed by atoms with Crippen molar-refractivity contribution >= 4 is 39.9 Å². The van der Waals surface area contributed by atoms with Crippen molar-refractivity contribution in [3.63, 3.8) is 0 Å². The maximum atomic E-state index is 15.2. The van der Waals surface area contributed by atoms with E-state index in [9.17, 15) is 14.7 Å². The first-order valence-corrected chi connectivity index (χ1v) is 18.3. The van der Waals surface area contributed by atoms with Crippen LogP contribution < -0.4 is 14.5 Å². The highest BCUT2D eigenvalue weighted by atomic mass is 16.5. The summed E-state index contributed by atoms with van der Waals surface area (Å²) < 4.78 is 12.7. The van der Waals surface area contributed by atoms with Crippen LogP contribution in [-0.4, -0.2) is 77.8 Å². The van der Waals surface area contributed by atoms with Gasteiger partial charge in [-0.15, -0.1) is 13.2 Å². The zero-order valence-corrected chi connectivity index (χ0v) is 30.1. The van der Waals surface area contributed by atoms with Crippen molar-refractivity contribution in [3.05, 3.63) is 92.0 Å². The second kappa shape index (κ2) is 15.0. The van der Waals surface area contributed by atoms with Gasteiger partial charge in [-0.25, -0.2) is 0 Å².